The summed E-state index contributed by atoms with van der Waals surface area (Å²) in [6.07, 6.45) is 2.79. The number of carbonyl (C=O) groups is 2. The summed E-state index contributed by atoms with van der Waals surface area (Å²) >= 11 is 1.82. The number of cyclic esters (lactones) is 1. The molecular formula is C27H28F2N6O4S. The third kappa shape index (κ3) is 4.76. The molecule has 1 aromatic carbocycles. The Morgan fingerprint density at radius 1 is 1.23 bits per heavy atom. The molecule has 0 spiro atoms. The molecule has 3 fully saturated rings. The highest BCUT2D eigenvalue weighted by molar-refractivity contribution is 7.99. The minimum atomic E-state index is -0.835. The minimum Gasteiger partial charge on any atom is -0.444 e. The van der Waals surface area contributed by atoms with Gasteiger partial charge in [0, 0.05) is 29.8 Å². The van der Waals surface area contributed by atoms with Gasteiger partial charge in [-0.15, -0.1) is 5.10 Å². The Hall–Kier alpha value is -3.74. The van der Waals surface area contributed by atoms with Crippen LogP contribution in [0, 0.1) is 23.5 Å². The highest BCUT2D eigenvalue weighted by Crippen LogP contribution is 2.64. The number of thioether (sulfide) groups is 1. The zero-order valence-electron chi connectivity index (χ0n) is 22.1. The fourth-order valence-electron chi connectivity index (χ4n) is 5.60. The SMILES string of the molecule is CC(C)(C)OC(=O)NC1(c2ccc(-c3c(F)cc(N4C[C@H](Cn5ccnn5)OC4=O)cc3F)cn2)[C@@H]2CSC[C@@H]21. The number of amides is 2. The number of ether oxygens (including phenoxy) is 2. The van der Waals surface area contributed by atoms with Crippen molar-refractivity contribution in [2.24, 2.45) is 11.8 Å². The largest absolute Gasteiger partial charge is 0.444 e. The van der Waals surface area contributed by atoms with Gasteiger partial charge in [-0.25, -0.2) is 23.1 Å². The van der Waals surface area contributed by atoms with Crippen molar-refractivity contribution in [2.45, 2.75) is 44.6 Å². The van der Waals surface area contributed by atoms with Gasteiger partial charge in [0.2, 0.25) is 0 Å². The molecule has 0 radical (unpaired) electrons. The number of nitrogens with one attached hydrogen (secondary N) is 1. The standard InChI is InChI=1S/C27H28F2N6O4S/c1-26(2,3)39-24(36)32-27(18-13-40-14-19(18)27)22-5-4-15(10-30-22)23-20(28)8-16(9-21(23)29)35-12-17(38-25(35)37)11-34-7-6-31-33-34/h4-10,17-19H,11-14H2,1-3H3,(H,32,36)/t17-,18-,19+,27?/m0/s1. The number of pyridine rings is 1. The van der Waals surface area contributed by atoms with E-state index in [4.69, 9.17) is 9.47 Å². The van der Waals surface area contributed by atoms with Crippen LogP contribution >= 0.6 is 11.8 Å². The monoisotopic (exact) mass is 570 g/mol. The second kappa shape index (κ2) is 9.72. The summed E-state index contributed by atoms with van der Waals surface area (Å²) in [5, 5.41) is 10.6. The fraction of sp³-hybridized carbons (Fsp3) is 0.444. The molecule has 6 rings (SSSR count). The molecule has 40 heavy (non-hydrogen) atoms. The van der Waals surface area contributed by atoms with Crippen molar-refractivity contribution in [2.75, 3.05) is 23.0 Å². The van der Waals surface area contributed by atoms with Crippen LogP contribution in [0.4, 0.5) is 24.1 Å². The van der Waals surface area contributed by atoms with Gasteiger partial charge >= 0.3 is 12.2 Å². The predicted octanol–water partition coefficient (Wildman–Crippen LogP) is 4.36. The van der Waals surface area contributed by atoms with Crippen molar-refractivity contribution in [3.63, 3.8) is 0 Å². The third-order valence-electron chi connectivity index (χ3n) is 7.40. The molecule has 2 saturated heterocycles. The van der Waals surface area contributed by atoms with Crippen LogP contribution in [0.3, 0.4) is 0 Å². The lowest BCUT2D eigenvalue weighted by atomic mass is 10.0. The molecule has 1 saturated carbocycles. The molecule has 1 N–H and O–H groups in total. The second-order valence-electron chi connectivity index (χ2n) is 11.2. The first-order valence-electron chi connectivity index (χ1n) is 12.9. The van der Waals surface area contributed by atoms with Gasteiger partial charge in [0.05, 0.1) is 41.8 Å². The summed E-state index contributed by atoms with van der Waals surface area (Å²) in [6.45, 7) is 5.78. The van der Waals surface area contributed by atoms with Crippen molar-refractivity contribution in [3.05, 3.63) is 60.2 Å². The van der Waals surface area contributed by atoms with Crippen LogP contribution in [0.1, 0.15) is 26.5 Å². The Bertz CT molecular complexity index is 1410. The zero-order chi connectivity index (χ0) is 28.2. The van der Waals surface area contributed by atoms with E-state index < -0.39 is 41.1 Å². The van der Waals surface area contributed by atoms with Gasteiger partial charge in [0.25, 0.3) is 0 Å². The highest BCUT2D eigenvalue weighted by Gasteiger charge is 2.69. The summed E-state index contributed by atoms with van der Waals surface area (Å²) in [7, 11) is 0. The first-order valence-corrected chi connectivity index (χ1v) is 14.1. The number of benzene rings is 1. The maximum atomic E-state index is 15.3. The van der Waals surface area contributed by atoms with Gasteiger partial charge in [-0.3, -0.25) is 9.88 Å². The van der Waals surface area contributed by atoms with E-state index in [1.54, 1.807) is 39.1 Å². The van der Waals surface area contributed by atoms with E-state index in [0.29, 0.717) is 5.69 Å². The van der Waals surface area contributed by atoms with Gasteiger partial charge in [-0.2, -0.15) is 11.8 Å². The Balaban J connectivity index is 1.21. The molecule has 3 aromatic rings. The molecule has 2 aromatic heterocycles. The van der Waals surface area contributed by atoms with Gasteiger partial charge in [0.15, 0.2) is 0 Å². The topological polar surface area (TPSA) is 111 Å². The molecule has 3 aliphatic rings. The number of hydrogen-bond donors (Lipinski definition) is 1. The first kappa shape index (κ1) is 26.5. The average molecular weight is 571 g/mol. The normalized spacial score (nSPS) is 25.5. The van der Waals surface area contributed by atoms with Crippen LogP contribution < -0.4 is 10.2 Å². The van der Waals surface area contributed by atoms with Crippen LogP contribution in [0.25, 0.3) is 11.1 Å². The highest BCUT2D eigenvalue weighted by atomic mass is 32.2. The molecule has 0 bridgehead atoms. The Morgan fingerprint density at radius 3 is 2.55 bits per heavy atom. The van der Waals surface area contributed by atoms with Crippen molar-refractivity contribution in [1.82, 2.24) is 25.3 Å². The van der Waals surface area contributed by atoms with Gasteiger partial charge in [0.1, 0.15) is 23.3 Å². The number of nitrogens with zero attached hydrogens (tertiary/aromatic N) is 5. The van der Waals surface area contributed by atoms with Gasteiger partial charge in [-0.1, -0.05) is 11.3 Å². The minimum absolute atomic E-state index is 0.0539. The Kier molecular flexibility index (Phi) is 6.43. The van der Waals surface area contributed by atoms with Gasteiger partial charge < -0.3 is 14.8 Å². The van der Waals surface area contributed by atoms with E-state index in [9.17, 15) is 9.59 Å². The van der Waals surface area contributed by atoms with Crippen LogP contribution in [-0.2, 0) is 21.6 Å². The maximum Gasteiger partial charge on any atom is 0.414 e. The lowest BCUT2D eigenvalue weighted by molar-refractivity contribution is 0.0484. The molecule has 1 unspecified atom stereocenters. The van der Waals surface area contributed by atoms with Crippen molar-refractivity contribution < 1.29 is 27.8 Å². The molecule has 2 aliphatic heterocycles. The number of hydrogen-bond acceptors (Lipinski definition) is 8. The van der Waals surface area contributed by atoms with E-state index in [1.807, 2.05) is 11.8 Å². The molecule has 1 aliphatic carbocycles. The number of aromatic nitrogens is 4. The smallest absolute Gasteiger partial charge is 0.414 e. The quantitative estimate of drug-likeness (QED) is 0.466. The van der Waals surface area contributed by atoms with E-state index >= 15 is 8.78 Å². The number of rotatable bonds is 6. The molecule has 13 heteroatoms. The number of alkyl carbamates (subject to hydrolysis) is 1. The third-order valence-corrected chi connectivity index (χ3v) is 8.59. The molecule has 10 nitrogen and oxygen atoms in total. The summed E-state index contributed by atoms with van der Waals surface area (Å²) in [4.78, 5) is 30.8. The maximum absolute atomic E-state index is 15.3. The summed E-state index contributed by atoms with van der Waals surface area (Å²) in [5.41, 5.74) is -0.633. The molecule has 2 amide bonds. The van der Waals surface area contributed by atoms with Crippen LogP contribution in [0.5, 0.6) is 0 Å². The Labute approximate surface area is 233 Å². The summed E-state index contributed by atoms with van der Waals surface area (Å²) in [5.74, 6) is 0.520. The first-order chi connectivity index (χ1) is 19.0. The van der Waals surface area contributed by atoms with Crippen molar-refractivity contribution >= 4 is 29.6 Å². The number of halogens is 2. The summed E-state index contributed by atoms with van der Waals surface area (Å²) < 4.78 is 42.9. The van der Waals surface area contributed by atoms with Crippen LogP contribution in [0.2, 0.25) is 0 Å². The van der Waals surface area contributed by atoms with E-state index in [0.717, 1.165) is 23.6 Å². The lowest BCUT2D eigenvalue weighted by Gasteiger charge is -2.26. The molecular weight excluding hydrogens is 542 g/mol. The van der Waals surface area contributed by atoms with Crippen LogP contribution in [-0.4, -0.2) is 61.9 Å². The number of fused-ring (bicyclic) bond motifs is 1. The fourth-order valence-corrected chi connectivity index (χ4v) is 7.24. The summed E-state index contributed by atoms with van der Waals surface area (Å²) in [6, 6.07) is 5.52. The van der Waals surface area contributed by atoms with Crippen molar-refractivity contribution in [1.29, 1.82) is 0 Å². The Morgan fingerprint density at radius 2 is 1.95 bits per heavy atom. The predicted molar refractivity (Wildman–Crippen MR) is 143 cm³/mol. The molecule has 4 heterocycles. The second-order valence-corrected chi connectivity index (χ2v) is 12.3. The molecule has 4 atom stereocenters. The van der Waals surface area contributed by atoms with Crippen molar-refractivity contribution in [3.8, 4) is 11.1 Å². The van der Waals surface area contributed by atoms with E-state index in [1.165, 1.54) is 22.0 Å². The van der Waals surface area contributed by atoms with E-state index in [2.05, 4.69) is 20.6 Å². The average Bonchev–Trinajstić information content (AvgIpc) is 3.41. The molecule has 210 valence electrons. The number of anilines is 1. The lowest BCUT2D eigenvalue weighted by Crippen LogP contribution is -2.42. The van der Waals surface area contributed by atoms with E-state index in [-0.39, 0.29) is 41.7 Å². The van der Waals surface area contributed by atoms with Crippen LogP contribution in [0.15, 0.2) is 42.9 Å². The zero-order valence-corrected chi connectivity index (χ0v) is 23.0. The number of carbonyl (C=O) groups excluding carboxylic acids is 2. The van der Waals surface area contributed by atoms with Gasteiger partial charge in [-0.05, 0) is 50.5 Å².